The highest BCUT2D eigenvalue weighted by Gasteiger charge is 2.34. The van der Waals surface area contributed by atoms with Crippen LogP contribution in [0.2, 0.25) is 0 Å². The molecule has 1 aliphatic carbocycles. The lowest BCUT2D eigenvalue weighted by atomic mass is 9.99. The molecule has 1 atom stereocenters. The van der Waals surface area contributed by atoms with Crippen molar-refractivity contribution >= 4 is 6.03 Å². The van der Waals surface area contributed by atoms with Crippen LogP contribution in [0, 0.1) is 12.8 Å². The molecule has 0 radical (unpaired) electrons. The average molecular weight is 345 g/mol. The standard InChI is InChI=1S/C20H31N3O2/c1-16-6-2-3-7-18(16)14-23-11-8-17(13-23)12-21-19(25)22-20(15-24)9-4-5-10-20/h2-3,6-7,17,24H,4-5,8-15H2,1H3,(H2,21,22,25)/t17-/m0/s1. The summed E-state index contributed by atoms with van der Waals surface area (Å²) in [6.07, 6.45) is 5.04. The Labute approximate surface area is 150 Å². The van der Waals surface area contributed by atoms with Gasteiger partial charge in [-0.25, -0.2) is 4.79 Å². The van der Waals surface area contributed by atoms with E-state index < -0.39 is 5.54 Å². The molecule has 0 spiro atoms. The molecule has 3 rings (SSSR count). The maximum Gasteiger partial charge on any atom is 0.315 e. The van der Waals surface area contributed by atoms with Gasteiger partial charge in [-0.2, -0.15) is 0 Å². The van der Waals surface area contributed by atoms with Crippen molar-refractivity contribution in [3.05, 3.63) is 35.4 Å². The third kappa shape index (κ3) is 4.73. The van der Waals surface area contributed by atoms with Crippen LogP contribution in [0.25, 0.3) is 0 Å². The van der Waals surface area contributed by atoms with Crippen LogP contribution >= 0.6 is 0 Å². The number of aryl methyl sites for hydroxylation is 1. The van der Waals surface area contributed by atoms with E-state index in [0.29, 0.717) is 12.5 Å². The Morgan fingerprint density at radius 2 is 2.08 bits per heavy atom. The highest BCUT2D eigenvalue weighted by atomic mass is 16.3. The minimum atomic E-state index is -0.392. The quantitative estimate of drug-likeness (QED) is 0.742. The number of likely N-dealkylation sites (tertiary alicyclic amines) is 1. The first-order valence-electron chi connectivity index (χ1n) is 9.54. The summed E-state index contributed by atoms with van der Waals surface area (Å²) in [4.78, 5) is 14.7. The lowest BCUT2D eigenvalue weighted by Gasteiger charge is -2.28. The third-order valence-corrected chi connectivity index (χ3v) is 5.82. The van der Waals surface area contributed by atoms with Crippen LogP contribution in [-0.2, 0) is 6.54 Å². The molecule has 138 valence electrons. The summed E-state index contributed by atoms with van der Waals surface area (Å²) in [7, 11) is 0. The van der Waals surface area contributed by atoms with Crippen LogP contribution in [0.15, 0.2) is 24.3 Å². The molecule has 2 fully saturated rings. The topological polar surface area (TPSA) is 64.6 Å². The van der Waals surface area contributed by atoms with E-state index in [1.54, 1.807) is 0 Å². The minimum Gasteiger partial charge on any atom is -0.394 e. The van der Waals surface area contributed by atoms with Gasteiger partial charge in [0.05, 0.1) is 12.1 Å². The molecule has 5 nitrogen and oxygen atoms in total. The van der Waals surface area contributed by atoms with Crippen molar-refractivity contribution in [2.75, 3.05) is 26.2 Å². The van der Waals surface area contributed by atoms with Crippen molar-refractivity contribution in [2.24, 2.45) is 5.92 Å². The zero-order valence-electron chi connectivity index (χ0n) is 15.3. The molecular weight excluding hydrogens is 314 g/mol. The Bertz CT molecular complexity index is 584. The number of hydrogen-bond donors (Lipinski definition) is 3. The fraction of sp³-hybridized carbons (Fsp3) is 0.650. The smallest absolute Gasteiger partial charge is 0.315 e. The first kappa shape index (κ1) is 18.2. The van der Waals surface area contributed by atoms with E-state index in [1.165, 1.54) is 11.1 Å². The molecule has 5 heteroatoms. The maximum absolute atomic E-state index is 12.2. The van der Waals surface area contributed by atoms with Crippen LogP contribution in [-0.4, -0.2) is 47.8 Å². The molecule has 0 aromatic heterocycles. The van der Waals surface area contributed by atoms with E-state index >= 15 is 0 Å². The van der Waals surface area contributed by atoms with Crippen LogP contribution in [0.3, 0.4) is 0 Å². The Morgan fingerprint density at radius 1 is 1.32 bits per heavy atom. The Kier molecular flexibility index (Phi) is 5.97. The number of carbonyl (C=O) groups is 1. The van der Waals surface area contributed by atoms with Gasteiger partial charge in [0, 0.05) is 19.6 Å². The van der Waals surface area contributed by atoms with Crippen LogP contribution in [0.5, 0.6) is 0 Å². The first-order chi connectivity index (χ1) is 12.1. The molecule has 2 amide bonds. The van der Waals surface area contributed by atoms with Gasteiger partial charge < -0.3 is 15.7 Å². The van der Waals surface area contributed by atoms with E-state index in [4.69, 9.17) is 0 Å². The Hall–Kier alpha value is -1.59. The van der Waals surface area contributed by atoms with Gasteiger partial charge in [0.15, 0.2) is 0 Å². The van der Waals surface area contributed by atoms with Crippen molar-refractivity contribution < 1.29 is 9.90 Å². The SMILES string of the molecule is Cc1ccccc1CN1CC[C@@H](CNC(=O)NC2(CO)CCCC2)C1. The minimum absolute atomic E-state index is 0.0358. The predicted octanol–water partition coefficient (Wildman–Crippen LogP) is 2.42. The number of nitrogens with one attached hydrogen (secondary N) is 2. The molecule has 0 bridgehead atoms. The Balaban J connectivity index is 1.41. The normalized spacial score (nSPS) is 22.9. The van der Waals surface area contributed by atoms with Gasteiger partial charge in [-0.15, -0.1) is 0 Å². The molecule has 1 aromatic rings. The van der Waals surface area contributed by atoms with Crippen molar-refractivity contribution in [1.29, 1.82) is 0 Å². The number of aliphatic hydroxyl groups is 1. The van der Waals surface area contributed by atoms with Gasteiger partial charge in [0.2, 0.25) is 0 Å². The van der Waals surface area contributed by atoms with E-state index in [-0.39, 0.29) is 12.6 Å². The summed E-state index contributed by atoms with van der Waals surface area (Å²) < 4.78 is 0. The largest absolute Gasteiger partial charge is 0.394 e. The van der Waals surface area contributed by atoms with Gasteiger partial charge >= 0.3 is 6.03 Å². The lowest BCUT2D eigenvalue weighted by molar-refractivity contribution is 0.162. The summed E-state index contributed by atoms with van der Waals surface area (Å²) in [5.41, 5.74) is 2.34. The molecule has 2 aliphatic rings. The lowest BCUT2D eigenvalue weighted by Crippen LogP contribution is -2.53. The number of amides is 2. The summed E-state index contributed by atoms with van der Waals surface area (Å²) in [5, 5.41) is 15.6. The zero-order valence-corrected chi connectivity index (χ0v) is 15.3. The van der Waals surface area contributed by atoms with E-state index in [0.717, 1.165) is 51.7 Å². The first-order valence-corrected chi connectivity index (χ1v) is 9.54. The molecule has 0 unspecified atom stereocenters. The molecule has 1 heterocycles. The second-order valence-electron chi connectivity index (χ2n) is 7.80. The van der Waals surface area contributed by atoms with Gasteiger partial charge in [-0.05, 0) is 49.8 Å². The summed E-state index contributed by atoms with van der Waals surface area (Å²) in [6, 6.07) is 8.41. The van der Waals surface area contributed by atoms with E-state index in [1.807, 2.05) is 0 Å². The fourth-order valence-corrected chi connectivity index (χ4v) is 4.15. The number of benzene rings is 1. The monoisotopic (exact) mass is 345 g/mol. The highest BCUT2D eigenvalue weighted by Crippen LogP contribution is 2.29. The molecule has 3 N–H and O–H groups in total. The summed E-state index contributed by atoms with van der Waals surface area (Å²) >= 11 is 0. The van der Waals surface area contributed by atoms with Crippen molar-refractivity contribution in [2.45, 2.75) is 51.1 Å². The van der Waals surface area contributed by atoms with E-state index in [9.17, 15) is 9.90 Å². The van der Waals surface area contributed by atoms with Crippen LogP contribution < -0.4 is 10.6 Å². The summed E-state index contributed by atoms with van der Waals surface area (Å²) in [5.74, 6) is 0.503. The van der Waals surface area contributed by atoms with Gasteiger partial charge in [0.25, 0.3) is 0 Å². The van der Waals surface area contributed by atoms with E-state index in [2.05, 4.69) is 46.7 Å². The van der Waals surface area contributed by atoms with Crippen LogP contribution in [0.1, 0.15) is 43.2 Å². The number of rotatable bonds is 6. The number of hydrogen-bond acceptors (Lipinski definition) is 3. The Morgan fingerprint density at radius 3 is 2.80 bits per heavy atom. The zero-order chi connectivity index (χ0) is 17.7. The molecule has 1 aromatic carbocycles. The number of carbonyl (C=O) groups excluding carboxylic acids is 1. The summed E-state index contributed by atoms with van der Waals surface area (Å²) in [6.45, 7) is 6.01. The third-order valence-electron chi connectivity index (χ3n) is 5.82. The van der Waals surface area contributed by atoms with Crippen molar-refractivity contribution in [3.63, 3.8) is 0 Å². The number of urea groups is 1. The van der Waals surface area contributed by atoms with Crippen molar-refractivity contribution in [1.82, 2.24) is 15.5 Å². The molecule has 1 saturated carbocycles. The van der Waals surface area contributed by atoms with Crippen molar-refractivity contribution in [3.8, 4) is 0 Å². The fourth-order valence-electron chi connectivity index (χ4n) is 4.15. The van der Waals surface area contributed by atoms with Gasteiger partial charge in [0.1, 0.15) is 0 Å². The van der Waals surface area contributed by atoms with Gasteiger partial charge in [-0.3, -0.25) is 4.90 Å². The molecule has 1 aliphatic heterocycles. The number of nitrogens with zero attached hydrogens (tertiary/aromatic N) is 1. The number of aliphatic hydroxyl groups excluding tert-OH is 1. The van der Waals surface area contributed by atoms with Gasteiger partial charge in [-0.1, -0.05) is 37.1 Å². The highest BCUT2D eigenvalue weighted by molar-refractivity contribution is 5.74. The molecule has 1 saturated heterocycles. The second-order valence-corrected chi connectivity index (χ2v) is 7.80. The second kappa shape index (κ2) is 8.19. The molecular formula is C20H31N3O2. The van der Waals surface area contributed by atoms with Crippen LogP contribution in [0.4, 0.5) is 4.79 Å². The maximum atomic E-state index is 12.2. The average Bonchev–Trinajstić information content (AvgIpc) is 3.25. The molecule has 25 heavy (non-hydrogen) atoms. The predicted molar refractivity (Wildman–Crippen MR) is 99.4 cm³/mol.